The maximum atomic E-state index is 12.7. The Morgan fingerprint density at radius 2 is 1.89 bits per heavy atom. The highest BCUT2D eigenvalue weighted by atomic mass is 35.5. The van der Waals surface area contributed by atoms with Crippen molar-refractivity contribution in [2.24, 2.45) is 0 Å². The molecule has 1 fully saturated rings. The predicted molar refractivity (Wildman–Crippen MR) is 132 cm³/mol. The number of rotatable bonds is 7. The molecule has 0 bridgehead atoms. The minimum Gasteiger partial charge on any atom is -0.490 e. The van der Waals surface area contributed by atoms with Crippen molar-refractivity contribution in [2.45, 2.75) is 24.7 Å². The summed E-state index contributed by atoms with van der Waals surface area (Å²) in [7, 11) is 2.98. The fourth-order valence-corrected chi connectivity index (χ4v) is 5.26. The smallest absolute Gasteiger partial charge is 0.392 e. The standard InChI is InChI=1S/C22H20Cl2F3N5O4S/c1-30-15-3-5-32(17(15)19(34)31(2)21(30)35)9-16(33)29-20-28-14(10-37-20)11-7-12(23)18(13(24)8-11)36-6-4-22(25,26)27/h3,5,7-8,10,15,17H,4,6,9H2,1-2H3,(H,28,29,33). The van der Waals surface area contributed by atoms with E-state index in [9.17, 15) is 27.6 Å². The molecule has 0 spiro atoms. The van der Waals surface area contributed by atoms with Gasteiger partial charge in [-0.05, 0) is 24.4 Å². The SMILES string of the molecule is CN1C(=O)C2C(C=CN2CC(=O)Nc2nc(-c3cc(Cl)c(OCCC(F)(F)F)c(Cl)c3)cs2)N(C)C1=O. The van der Waals surface area contributed by atoms with Gasteiger partial charge in [-0.25, -0.2) is 9.78 Å². The van der Waals surface area contributed by atoms with Crippen molar-refractivity contribution >= 4 is 57.5 Å². The first-order chi connectivity index (χ1) is 17.4. The van der Waals surface area contributed by atoms with Crippen LogP contribution in [0.2, 0.25) is 10.0 Å². The van der Waals surface area contributed by atoms with Gasteiger partial charge in [0.15, 0.2) is 10.9 Å². The second kappa shape index (κ2) is 10.4. The molecule has 4 rings (SSSR count). The number of nitrogens with zero attached hydrogens (tertiary/aromatic N) is 4. The Labute approximate surface area is 223 Å². The summed E-state index contributed by atoms with van der Waals surface area (Å²) in [5, 5.41) is 4.63. The summed E-state index contributed by atoms with van der Waals surface area (Å²) in [5.41, 5.74) is 0.903. The number of hydrogen-bond acceptors (Lipinski definition) is 7. The monoisotopic (exact) mass is 577 g/mol. The van der Waals surface area contributed by atoms with Crippen molar-refractivity contribution in [3.63, 3.8) is 0 Å². The van der Waals surface area contributed by atoms with Crippen LogP contribution in [0.4, 0.5) is 23.1 Å². The molecule has 15 heteroatoms. The zero-order valence-electron chi connectivity index (χ0n) is 19.4. The number of thiazole rings is 1. The van der Waals surface area contributed by atoms with Crippen LogP contribution in [0.3, 0.4) is 0 Å². The van der Waals surface area contributed by atoms with E-state index in [1.54, 1.807) is 29.6 Å². The summed E-state index contributed by atoms with van der Waals surface area (Å²) in [4.78, 5) is 45.8. The number of urea groups is 1. The van der Waals surface area contributed by atoms with Crippen LogP contribution in [0, 0.1) is 0 Å². The molecule has 2 atom stereocenters. The molecule has 3 heterocycles. The van der Waals surface area contributed by atoms with E-state index < -0.39 is 49.1 Å². The van der Waals surface area contributed by atoms with Gasteiger partial charge in [0.25, 0.3) is 5.91 Å². The zero-order valence-corrected chi connectivity index (χ0v) is 21.7. The second-order valence-corrected chi connectivity index (χ2v) is 9.98. The largest absolute Gasteiger partial charge is 0.490 e. The number of aromatic nitrogens is 1. The summed E-state index contributed by atoms with van der Waals surface area (Å²) in [6.07, 6.45) is -2.20. The lowest BCUT2D eigenvalue weighted by Crippen LogP contribution is -2.63. The van der Waals surface area contributed by atoms with Crippen LogP contribution < -0.4 is 10.1 Å². The van der Waals surface area contributed by atoms with E-state index in [1.807, 2.05) is 0 Å². The van der Waals surface area contributed by atoms with Crippen molar-refractivity contribution in [2.75, 3.05) is 32.6 Å². The number of likely N-dealkylation sites (N-methyl/N-ethyl adjacent to an activating group) is 2. The number of benzene rings is 1. The summed E-state index contributed by atoms with van der Waals surface area (Å²) in [6, 6.07) is 1.32. The first kappa shape index (κ1) is 27.0. The molecule has 1 aromatic heterocycles. The fraction of sp³-hybridized carbons (Fsp3) is 0.364. The number of imide groups is 1. The van der Waals surface area contributed by atoms with Gasteiger partial charge in [0.2, 0.25) is 5.91 Å². The predicted octanol–water partition coefficient (Wildman–Crippen LogP) is 4.48. The molecule has 0 saturated carbocycles. The molecule has 9 nitrogen and oxygen atoms in total. The summed E-state index contributed by atoms with van der Waals surface area (Å²) < 4.78 is 42.2. The summed E-state index contributed by atoms with van der Waals surface area (Å²) in [5.74, 6) is -0.889. The molecule has 37 heavy (non-hydrogen) atoms. The van der Waals surface area contributed by atoms with E-state index in [4.69, 9.17) is 27.9 Å². The number of anilines is 1. The minimum atomic E-state index is -4.37. The van der Waals surface area contributed by atoms with Gasteiger partial charge in [0.05, 0.1) is 41.4 Å². The van der Waals surface area contributed by atoms with Crippen molar-refractivity contribution < 1.29 is 32.3 Å². The maximum Gasteiger partial charge on any atom is 0.392 e. The first-order valence-electron chi connectivity index (χ1n) is 10.8. The van der Waals surface area contributed by atoms with Crippen LogP contribution >= 0.6 is 34.5 Å². The molecule has 0 radical (unpaired) electrons. The van der Waals surface area contributed by atoms with Crippen LogP contribution in [0.25, 0.3) is 11.3 Å². The molecule has 1 N–H and O–H groups in total. The van der Waals surface area contributed by atoms with Gasteiger partial charge in [-0.2, -0.15) is 13.2 Å². The van der Waals surface area contributed by atoms with Gasteiger partial charge in [0.1, 0.15) is 6.04 Å². The molecule has 1 saturated heterocycles. The average molecular weight is 578 g/mol. The van der Waals surface area contributed by atoms with Crippen molar-refractivity contribution in [1.82, 2.24) is 19.7 Å². The van der Waals surface area contributed by atoms with Crippen LogP contribution in [0.15, 0.2) is 29.8 Å². The number of nitrogens with one attached hydrogen (secondary N) is 1. The molecule has 0 aliphatic carbocycles. The van der Waals surface area contributed by atoms with Crippen LogP contribution in [0.1, 0.15) is 6.42 Å². The van der Waals surface area contributed by atoms with Crippen LogP contribution in [-0.4, -0.2) is 83.0 Å². The highest BCUT2D eigenvalue weighted by Crippen LogP contribution is 2.38. The van der Waals surface area contributed by atoms with Gasteiger partial charge >= 0.3 is 12.2 Å². The zero-order chi connectivity index (χ0) is 27.1. The maximum absolute atomic E-state index is 12.7. The highest BCUT2D eigenvalue weighted by molar-refractivity contribution is 7.14. The van der Waals surface area contributed by atoms with Gasteiger partial charge in [-0.3, -0.25) is 14.5 Å². The lowest BCUT2D eigenvalue weighted by molar-refractivity contribution is -0.139. The number of carbonyl (C=O) groups is 3. The van der Waals surface area contributed by atoms with E-state index in [0.29, 0.717) is 11.3 Å². The summed E-state index contributed by atoms with van der Waals surface area (Å²) in [6.45, 7) is -0.771. The topological polar surface area (TPSA) is 95.1 Å². The van der Waals surface area contributed by atoms with Crippen LogP contribution in [0.5, 0.6) is 5.75 Å². The number of fused-ring (bicyclic) bond motifs is 1. The van der Waals surface area contributed by atoms with Gasteiger partial charge in [-0.1, -0.05) is 23.2 Å². The number of ether oxygens (including phenoxy) is 1. The number of alkyl halides is 3. The van der Waals surface area contributed by atoms with E-state index >= 15 is 0 Å². The van der Waals surface area contributed by atoms with Gasteiger partial charge in [-0.15, -0.1) is 11.3 Å². The van der Waals surface area contributed by atoms with E-state index in [-0.39, 0.29) is 27.5 Å². The van der Waals surface area contributed by atoms with Crippen LogP contribution in [-0.2, 0) is 9.59 Å². The Balaban J connectivity index is 1.39. The Morgan fingerprint density at radius 1 is 1.22 bits per heavy atom. The van der Waals surface area contributed by atoms with E-state index in [2.05, 4.69) is 10.3 Å². The van der Waals surface area contributed by atoms with Gasteiger partial charge < -0.3 is 19.9 Å². The van der Waals surface area contributed by atoms with E-state index in [1.165, 1.54) is 24.1 Å². The lowest BCUT2D eigenvalue weighted by atomic mass is 10.1. The quantitative estimate of drug-likeness (QED) is 0.521. The Hall–Kier alpha value is -3.03. The number of amides is 4. The first-order valence-corrected chi connectivity index (χ1v) is 12.4. The molecule has 2 aromatic rings. The van der Waals surface area contributed by atoms with Gasteiger partial charge in [0, 0.05) is 25.0 Å². The molecular weight excluding hydrogens is 558 g/mol. The molecule has 2 aliphatic heterocycles. The van der Waals surface area contributed by atoms with Crippen molar-refractivity contribution in [3.8, 4) is 17.0 Å². The lowest BCUT2D eigenvalue weighted by Gasteiger charge is -2.40. The fourth-order valence-electron chi connectivity index (χ4n) is 3.93. The number of hydrogen-bond donors (Lipinski definition) is 1. The normalized spacial score (nSPS) is 19.5. The molecule has 2 aliphatic rings. The highest BCUT2D eigenvalue weighted by Gasteiger charge is 2.47. The second-order valence-electron chi connectivity index (χ2n) is 8.31. The number of carbonyl (C=O) groups excluding carboxylic acids is 3. The molecule has 2 unspecified atom stereocenters. The Kier molecular flexibility index (Phi) is 7.58. The van der Waals surface area contributed by atoms with E-state index in [0.717, 1.165) is 16.2 Å². The molecule has 4 amide bonds. The molecule has 198 valence electrons. The third-order valence-electron chi connectivity index (χ3n) is 5.78. The average Bonchev–Trinajstić information content (AvgIpc) is 3.44. The van der Waals surface area contributed by atoms with Crippen molar-refractivity contribution in [3.05, 3.63) is 39.8 Å². The third-order valence-corrected chi connectivity index (χ3v) is 7.10. The Morgan fingerprint density at radius 3 is 2.54 bits per heavy atom. The number of halogens is 5. The third kappa shape index (κ3) is 5.78. The summed E-state index contributed by atoms with van der Waals surface area (Å²) >= 11 is 13.5. The molecular formula is C22H20Cl2F3N5O4S. The van der Waals surface area contributed by atoms with Crippen molar-refractivity contribution in [1.29, 1.82) is 0 Å². The minimum absolute atomic E-state index is 0.0178. The molecule has 1 aromatic carbocycles. The Bertz CT molecular complexity index is 1250.